The molecule has 1 fully saturated rings. The van der Waals surface area contributed by atoms with Crippen LogP contribution < -0.4 is 19.9 Å². The number of hydrogen-bond acceptors (Lipinski definition) is 6. The van der Waals surface area contributed by atoms with E-state index in [0.717, 1.165) is 15.6 Å². The van der Waals surface area contributed by atoms with Gasteiger partial charge in [0.15, 0.2) is 11.5 Å². The average molecular weight is 448 g/mol. The van der Waals surface area contributed by atoms with Crippen LogP contribution in [0.15, 0.2) is 46.4 Å². The van der Waals surface area contributed by atoms with Crippen LogP contribution in [0.3, 0.4) is 0 Å². The maximum absolute atomic E-state index is 12.7. The van der Waals surface area contributed by atoms with Crippen LogP contribution in [0.25, 0.3) is 6.08 Å². The Morgan fingerprint density at radius 1 is 1.11 bits per heavy atom. The van der Waals surface area contributed by atoms with Gasteiger partial charge in [0, 0.05) is 4.47 Å². The molecule has 9 nitrogen and oxygen atoms in total. The number of methoxy groups -OCH3 is 2. The van der Waals surface area contributed by atoms with Gasteiger partial charge in [-0.15, -0.1) is 0 Å². The van der Waals surface area contributed by atoms with Crippen molar-refractivity contribution in [2.45, 2.75) is 0 Å². The van der Waals surface area contributed by atoms with Gasteiger partial charge in [-0.05, 0) is 36.4 Å². The summed E-state index contributed by atoms with van der Waals surface area (Å²) >= 11 is 3.30. The molecule has 1 aliphatic heterocycles. The number of ether oxygens (including phenoxy) is 2. The number of halogens is 1. The van der Waals surface area contributed by atoms with Crippen LogP contribution in [0, 0.1) is 10.1 Å². The van der Waals surface area contributed by atoms with E-state index in [-0.39, 0.29) is 28.3 Å². The molecule has 0 saturated carbocycles. The zero-order valence-corrected chi connectivity index (χ0v) is 16.3. The van der Waals surface area contributed by atoms with Gasteiger partial charge in [-0.25, -0.2) is 5.01 Å². The van der Waals surface area contributed by atoms with E-state index in [2.05, 4.69) is 21.4 Å². The van der Waals surface area contributed by atoms with E-state index in [1.165, 1.54) is 26.4 Å². The van der Waals surface area contributed by atoms with Gasteiger partial charge in [-0.3, -0.25) is 25.1 Å². The summed E-state index contributed by atoms with van der Waals surface area (Å²) in [6, 6.07) is 9.24. The number of hydrazine groups is 1. The molecule has 0 radical (unpaired) electrons. The van der Waals surface area contributed by atoms with Gasteiger partial charge in [0.2, 0.25) is 0 Å². The predicted octanol–water partition coefficient (Wildman–Crippen LogP) is 2.84. The third-order valence-electron chi connectivity index (χ3n) is 4.01. The van der Waals surface area contributed by atoms with Crippen molar-refractivity contribution in [3.63, 3.8) is 0 Å². The summed E-state index contributed by atoms with van der Waals surface area (Å²) in [7, 11) is 2.73. The van der Waals surface area contributed by atoms with E-state index in [9.17, 15) is 19.7 Å². The highest BCUT2D eigenvalue weighted by Crippen LogP contribution is 2.36. The smallest absolute Gasteiger partial charge is 0.282 e. The van der Waals surface area contributed by atoms with Crippen LogP contribution in [0.2, 0.25) is 0 Å². The van der Waals surface area contributed by atoms with Gasteiger partial charge >= 0.3 is 0 Å². The van der Waals surface area contributed by atoms with Gasteiger partial charge in [0.1, 0.15) is 5.57 Å². The number of nitrogens with zero attached hydrogens (tertiary/aromatic N) is 2. The van der Waals surface area contributed by atoms with E-state index in [0.29, 0.717) is 5.69 Å². The minimum absolute atomic E-state index is 0.0406. The van der Waals surface area contributed by atoms with Crippen molar-refractivity contribution < 1.29 is 24.0 Å². The number of benzene rings is 2. The number of rotatable bonds is 5. The van der Waals surface area contributed by atoms with Crippen molar-refractivity contribution in [2.75, 3.05) is 19.2 Å². The number of hydrogen-bond donors (Lipinski definition) is 1. The maximum Gasteiger partial charge on any atom is 0.282 e. The molecule has 2 amide bonds. The lowest BCUT2D eigenvalue weighted by Gasteiger charge is -2.14. The highest BCUT2D eigenvalue weighted by atomic mass is 79.9. The molecule has 0 spiro atoms. The van der Waals surface area contributed by atoms with E-state index in [1.54, 1.807) is 24.3 Å². The fourth-order valence-electron chi connectivity index (χ4n) is 2.64. The number of nitrogens with one attached hydrogen (secondary N) is 1. The minimum atomic E-state index is -0.669. The second-order valence-corrected chi connectivity index (χ2v) is 6.55. The Balaban J connectivity index is 2.05. The zero-order valence-electron chi connectivity index (χ0n) is 14.8. The molecular weight excluding hydrogens is 434 g/mol. The van der Waals surface area contributed by atoms with Crippen molar-refractivity contribution in [3.05, 3.63) is 62.1 Å². The molecule has 144 valence electrons. The standard InChI is InChI=1S/C18H14BrN3O6/c1-27-15-8-10(14(22(25)26)9-16(15)28-2)7-13-17(23)20-21(18(13)24)12-5-3-11(19)4-6-12/h3-9H,1-2H3,(H,20,23)/b13-7-. The summed E-state index contributed by atoms with van der Waals surface area (Å²) in [5.74, 6) is -0.904. The quantitative estimate of drug-likeness (QED) is 0.326. The first-order chi connectivity index (χ1) is 13.3. The lowest BCUT2D eigenvalue weighted by Crippen LogP contribution is -2.35. The molecule has 2 aromatic carbocycles. The fourth-order valence-corrected chi connectivity index (χ4v) is 2.91. The van der Waals surface area contributed by atoms with Crippen LogP contribution >= 0.6 is 15.9 Å². The van der Waals surface area contributed by atoms with Crippen molar-refractivity contribution in [1.29, 1.82) is 0 Å². The van der Waals surface area contributed by atoms with E-state index >= 15 is 0 Å². The number of carbonyl (C=O) groups excluding carboxylic acids is 2. The molecule has 1 saturated heterocycles. The van der Waals surface area contributed by atoms with Gasteiger partial charge in [-0.2, -0.15) is 0 Å². The largest absolute Gasteiger partial charge is 0.493 e. The van der Waals surface area contributed by atoms with Crippen molar-refractivity contribution >= 4 is 45.2 Å². The maximum atomic E-state index is 12.7. The lowest BCUT2D eigenvalue weighted by atomic mass is 10.1. The minimum Gasteiger partial charge on any atom is -0.493 e. The molecule has 1 N–H and O–H groups in total. The molecule has 28 heavy (non-hydrogen) atoms. The summed E-state index contributed by atoms with van der Waals surface area (Å²) in [6.07, 6.45) is 1.16. The van der Waals surface area contributed by atoms with Crippen molar-refractivity contribution in [2.24, 2.45) is 0 Å². The molecule has 1 aliphatic rings. The van der Waals surface area contributed by atoms with Crippen LogP contribution in [0.1, 0.15) is 5.56 Å². The van der Waals surface area contributed by atoms with Gasteiger partial charge in [0.25, 0.3) is 17.5 Å². The number of amides is 2. The molecule has 2 aromatic rings. The molecule has 3 rings (SSSR count). The molecule has 0 bridgehead atoms. The molecule has 1 heterocycles. The molecule has 10 heteroatoms. The van der Waals surface area contributed by atoms with E-state index in [4.69, 9.17) is 9.47 Å². The monoisotopic (exact) mass is 447 g/mol. The first-order valence-electron chi connectivity index (χ1n) is 7.88. The Kier molecular flexibility index (Phi) is 5.32. The summed E-state index contributed by atoms with van der Waals surface area (Å²) in [5, 5.41) is 12.5. The normalized spacial score (nSPS) is 15.0. The first kappa shape index (κ1) is 19.4. The Labute approximate surface area is 167 Å². The van der Waals surface area contributed by atoms with Crippen molar-refractivity contribution in [3.8, 4) is 11.5 Å². The summed E-state index contributed by atoms with van der Waals surface area (Å²) in [5.41, 5.74) is 2.37. The second-order valence-electron chi connectivity index (χ2n) is 5.64. The molecule has 0 aromatic heterocycles. The van der Waals surface area contributed by atoms with Crippen LogP contribution in [0.4, 0.5) is 11.4 Å². The number of nitro benzene ring substituents is 1. The Hall–Kier alpha value is -3.40. The fraction of sp³-hybridized carbons (Fsp3) is 0.111. The van der Waals surface area contributed by atoms with Crippen LogP contribution in [0.5, 0.6) is 11.5 Å². The zero-order chi connectivity index (χ0) is 20.4. The summed E-state index contributed by atoms with van der Waals surface area (Å²) in [4.78, 5) is 35.8. The SMILES string of the molecule is COc1cc(/C=C2/C(=O)NN(c3ccc(Br)cc3)C2=O)c([N+](=O)[O-])cc1OC. The molecule has 0 aliphatic carbocycles. The number of anilines is 1. The lowest BCUT2D eigenvalue weighted by molar-refractivity contribution is -0.385. The van der Waals surface area contributed by atoms with Crippen molar-refractivity contribution in [1.82, 2.24) is 5.43 Å². The molecular formula is C18H14BrN3O6. The summed E-state index contributed by atoms with van der Waals surface area (Å²) < 4.78 is 11.0. The molecule has 0 unspecified atom stereocenters. The number of carbonyl (C=O) groups is 2. The van der Waals surface area contributed by atoms with Crippen LogP contribution in [-0.2, 0) is 9.59 Å². The average Bonchev–Trinajstić information content (AvgIpc) is 2.96. The third kappa shape index (κ3) is 3.54. The summed E-state index contributed by atoms with van der Waals surface area (Å²) in [6.45, 7) is 0. The molecule has 0 atom stereocenters. The Morgan fingerprint density at radius 2 is 1.71 bits per heavy atom. The predicted molar refractivity (Wildman–Crippen MR) is 104 cm³/mol. The van der Waals surface area contributed by atoms with Gasteiger partial charge in [0.05, 0.1) is 36.5 Å². The topological polar surface area (TPSA) is 111 Å². The first-order valence-corrected chi connectivity index (χ1v) is 8.68. The number of nitro groups is 1. The van der Waals surface area contributed by atoms with Crippen LogP contribution in [-0.4, -0.2) is 31.0 Å². The van der Waals surface area contributed by atoms with E-state index < -0.39 is 16.7 Å². The highest BCUT2D eigenvalue weighted by molar-refractivity contribution is 9.10. The van der Waals surface area contributed by atoms with E-state index in [1.807, 2.05) is 0 Å². The second kappa shape index (κ2) is 7.69. The van der Waals surface area contributed by atoms with Gasteiger partial charge < -0.3 is 9.47 Å². The Bertz CT molecular complexity index is 1000. The van der Waals surface area contributed by atoms with Gasteiger partial charge in [-0.1, -0.05) is 15.9 Å². The highest BCUT2D eigenvalue weighted by Gasteiger charge is 2.35. The third-order valence-corrected chi connectivity index (χ3v) is 4.53. The Morgan fingerprint density at radius 3 is 2.29 bits per heavy atom.